The number of hydrogen-bond donors (Lipinski definition) is 1. The Hall–Kier alpha value is -1.06. The lowest BCUT2D eigenvalue weighted by atomic mass is 9.84. The third-order valence-corrected chi connectivity index (χ3v) is 4.39. The lowest BCUT2D eigenvalue weighted by Gasteiger charge is -2.30. The molecule has 0 spiro atoms. The largest absolute Gasteiger partial charge is 0.446 e. The molecular weight excluding hydrogens is 242 g/mol. The minimum Gasteiger partial charge on any atom is -0.446 e. The van der Waals surface area contributed by atoms with Gasteiger partial charge in [-0.15, -0.1) is 0 Å². The van der Waals surface area contributed by atoms with E-state index in [0.717, 1.165) is 25.2 Å². The van der Waals surface area contributed by atoms with Crippen LogP contribution in [0.5, 0.6) is 0 Å². The van der Waals surface area contributed by atoms with Gasteiger partial charge in [-0.2, -0.15) is 0 Å². The number of amides is 1. The summed E-state index contributed by atoms with van der Waals surface area (Å²) in [5.41, 5.74) is 0. The smallest absolute Gasteiger partial charge is 0.407 e. The molecule has 0 radical (unpaired) electrons. The van der Waals surface area contributed by atoms with Crippen LogP contribution in [0.1, 0.15) is 64.7 Å². The first-order valence-corrected chi connectivity index (χ1v) is 7.69. The molecule has 108 valence electrons. The number of carbonyl (C=O) groups is 2. The molecule has 2 aliphatic rings. The van der Waals surface area contributed by atoms with Crippen molar-refractivity contribution in [3.8, 4) is 0 Å². The number of rotatable bonds is 5. The summed E-state index contributed by atoms with van der Waals surface area (Å²) in [5, 5.41) is 2.65. The Morgan fingerprint density at radius 3 is 2.53 bits per heavy atom. The molecule has 0 aromatic heterocycles. The molecule has 19 heavy (non-hydrogen) atoms. The average molecular weight is 267 g/mol. The third-order valence-electron chi connectivity index (χ3n) is 4.39. The molecule has 1 atom stereocenters. The molecule has 0 aromatic carbocycles. The lowest BCUT2D eigenvalue weighted by Crippen LogP contribution is -2.48. The molecule has 1 amide bonds. The number of ether oxygens (including phenoxy) is 1. The number of unbranched alkanes of at least 4 members (excludes halogenated alkanes) is 1. The molecule has 4 heteroatoms. The fourth-order valence-electron chi connectivity index (χ4n) is 2.92. The van der Waals surface area contributed by atoms with Crippen molar-refractivity contribution in [3.63, 3.8) is 0 Å². The Balaban J connectivity index is 1.62. The highest BCUT2D eigenvalue weighted by Crippen LogP contribution is 2.29. The van der Waals surface area contributed by atoms with Crippen LogP contribution in [0.15, 0.2) is 0 Å². The Morgan fingerprint density at radius 1 is 1.26 bits per heavy atom. The fraction of sp³-hybridized carbons (Fsp3) is 0.867. The highest BCUT2D eigenvalue weighted by atomic mass is 16.6. The van der Waals surface area contributed by atoms with Crippen molar-refractivity contribution in [1.29, 1.82) is 0 Å². The van der Waals surface area contributed by atoms with Gasteiger partial charge in [0.2, 0.25) is 0 Å². The quantitative estimate of drug-likeness (QED) is 0.832. The third kappa shape index (κ3) is 4.22. The molecule has 0 unspecified atom stereocenters. The molecule has 1 N–H and O–H groups in total. The summed E-state index contributed by atoms with van der Waals surface area (Å²) in [7, 11) is 0. The SMILES string of the molecule is CCCCC1CCC(OC(=O)N[C@H]2CCC2=O)CC1. The predicted molar refractivity (Wildman–Crippen MR) is 72.9 cm³/mol. The molecular formula is C15H25NO3. The second-order valence-corrected chi connectivity index (χ2v) is 5.89. The van der Waals surface area contributed by atoms with Crippen LogP contribution in [-0.2, 0) is 9.53 Å². The van der Waals surface area contributed by atoms with E-state index in [-0.39, 0.29) is 17.9 Å². The monoisotopic (exact) mass is 267 g/mol. The first-order valence-electron chi connectivity index (χ1n) is 7.69. The zero-order valence-corrected chi connectivity index (χ0v) is 11.8. The molecule has 2 fully saturated rings. The first kappa shape index (κ1) is 14.4. The van der Waals surface area contributed by atoms with Crippen LogP contribution >= 0.6 is 0 Å². The molecule has 0 heterocycles. The molecule has 0 bridgehead atoms. The highest BCUT2D eigenvalue weighted by molar-refractivity contribution is 5.92. The second kappa shape index (κ2) is 6.92. The normalized spacial score (nSPS) is 30.6. The second-order valence-electron chi connectivity index (χ2n) is 5.89. The first-order chi connectivity index (χ1) is 9.19. The van der Waals surface area contributed by atoms with Crippen LogP contribution in [0.4, 0.5) is 4.79 Å². The van der Waals surface area contributed by atoms with Gasteiger partial charge in [0.15, 0.2) is 5.78 Å². The van der Waals surface area contributed by atoms with Crippen molar-refractivity contribution in [2.45, 2.75) is 76.9 Å². The van der Waals surface area contributed by atoms with E-state index in [1.807, 2.05) is 0 Å². The van der Waals surface area contributed by atoms with Crippen LogP contribution < -0.4 is 5.32 Å². The minimum absolute atomic E-state index is 0.0491. The molecule has 2 saturated carbocycles. The van der Waals surface area contributed by atoms with E-state index >= 15 is 0 Å². The van der Waals surface area contributed by atoms with Crippen LogP contribution in [0.2, 0.25) is 0 Å². The van der Waals surface area contributed by atoms with Crippen molar-refractivity contribution in [3.05, 3.63) is 0 Å². The van der Waals surface area contributed by atoms with Gasteiger partial charge in [-0.3, -0.25) is 4.79 Å². The maximum atomic E-state index is 11.6. The number of nitrogens with one attached hydrogen (secondary N) is 1. The summed E-state index contributed by atoms with van der Waals surface area (Å²) >= 11 is 0. The van der Waals surface area contributed by atoms with Crippen LogP contribution in [0, 0.1) is 5.92 Å². The van der Waals surface area contributed by atoms with Crippen molar-refractivity contribution >= 4 is 11.9 Å². The Bertz CT molecular complexity index is 321. The maximum absolute atomic E-state index is 11.6. The van der Waals surface area contributed by atoms with Gasteiger partial charge in [-0.05, 0) is 38.0 Å². The number of Topliss-reactive ketones (excluding diaryl/α,β-unsaturated/α-hetero) is 1. The van der Waals surface area contributed by atoms with Crippen molar-refractivity contribution in [2.24, 2.45) is 5.92 Å². The van der Waals surface area contributed by atoms with Crippen molar-refractivity contribution in [2.75, 3.05) is 0 Å². The van der Waals surface area contributed by atoms with E-state index in [1.54, 1.807) is 0 Å². The van der Waals surface area contributed by atoms with E-state index in [1.165, 1.54) is 32.1 Å². The molecule has 2 rings (SSSR count). The zero-order valence-electron chi connectivity index (χ0n) is 11.8. The summed E-state index contributed by atoms with van der Waals surface area (Å²) in [6.07, 6.45) is 9.15. The minimum atomic E-state index is -0.407. The molecule has 4 nitrogen and oxygen atoms in total. The van der Waals surface area contributed by atoms with E-state index in [0.29, 0.717) is 6.42 Å². The zero-order chi connectivity index (χ0) is 13.7. The summed E-state index contributed by atoms with van der Waals surface area (Å²) in [5.74, 6) is 0.941. The fourth-order valence-corrected chi connectivity index (χ4v) is 2.92. The van der Waals surface area contributed by atoms with E-state index in [2.05, 4.69) is 12.2 Å². The van der Waals surface area contributed by atoms with Crippen molar-refractivity contribution < 1.29 is 14.3 Å². The summed E-state index contributed by atoms with van der Waals surface area (Å²) in [6.45, 7) is 2.22. The predicted octanol–water partition coefficient (Wildman–Crippen LogP) is 3.19. The van der Waals surface area contributed by atoms with E-state index in [4.69, 9.17) is 4.74 Å². The highest BCUT2D eigenvalue weighted by Gasteiger charge is 2.31. The number of carbonyl (C=O) groups excluding carboxylic acids is 2. The van der Waals surface area contributed by atoms with E-state index < -0.39 is 6.09 Å². The standard InChI is InChI=1S/C15H25NO3/c1-2-3-4-11-5-7-12(8-6-11)19-15(18)16-13-9-10-14(13)17/h11-13H,2-10H2,1H3,(H,16,18)/t11?,12?,13-/m0/s1. The average Bonchev–Trinajstić information content (AvgIpc) is 2.42. The van der Waals surface area contributed by atoms with Gasteiger partial charge in [-0.25, -0.2) is 4.79 Å². The summed E-state index contributed by atoms with van der Waals surface area (Å²) in [4.78, 5) is 22.8. The Labute approximate surface area is 115 Å². The maximum Gasteiger partial charge on any atom is 0.407 e. The van der Waals surface area contributed by atoms with Crippen molar-refractivity contribution in [1.82, 2.24) is 5.32 Å². The topological polar surface area (TPSA) is 55.4 Å². The summed E-state index contributed by atoms with van der Waals surface area (Å²) < 4.78 is 5.40. The number of ketones is 1. The van der Waals surface area contributed by atoms with Gasteiger partial charge in [0.05, 0.1) is 6.04 Å². The number of hydrogen-bond acceptors (Lipinski definition) is 3. The molecule has 0 saturated heterocycles. The lowest BCUT2D eigenvalue weighted by molar-refractivity contribution is -0.126. The molecule has 0 aliphatic heterocycles. The van der Waals surface area contributed by atoms with Crippen LogP contribution in [0.3, 0.4) is 0 Å². The summed E-state index contributed by atoms with van der Waals surface area (Å²) in [6, 6.07) is -0.284. The van der Waals surface area contributed by atoms with Gasteiger partial charge in [0.25, 0.3) is 0 Å². The van der Waals surface area contributed by atoms with Gasteiger partial charge in [-0.1, -0.05) is 26.2 Å². The Morgan fingerprint density at radius 2 is 2.00 bits per heavy atom. The van der Waals surface area contributed by atoms with Gasteiger partial charge in [0, 0.05) is 6.42 Å². The molecule has 0 aromatic rings. The van der Waals surface area contributed by atoms with Gasteiger partial charge in [0.1, 0.15) is 6.10 Å². The molecule has 2 aliphatic carbocycles. The van der Waals surface area contributed by atoms with Crippen LogP contribution in [0.25, 0.3) is 0 Å². The van der Waals surface area contributed by atoms with Crippen LogP contribution in [-0.4, -0.2) is 24.0 Å². The Kier molecular flexibility index (Phi) is 5.23. The van der Waals surface area contributed by atoms with E-state index in [9.17, 15) is 9.59 Å². The van der Waals surface area contributed by atoms with Gasteiger partial charge >= 0.3 is 6.09 Å². The number of alkyl carbamates (subject to hydrolysis) is 1. The van der Waals surface area contributed by atoms with Gasteiger partial charge < -0.3 is 10.1 Å².